The third kappa shape index (κ3) is 31.2. The van der Waals surface area contributed by atoms with Crippen LogP contribution in [0.3, 0.4) is 0 Å². The van der Waals surface area contributed by atoms with Crippen molar-refractivity contribution in [3.05, 3.63) is 66.1 Å². The molecule has 0 aliphatic carbocycles. The second-order valence-electron chi connectivity index (χ2n) is 16.1. The molecule has 1 heterocycles. The highest BCUT2D eigenvalue weighted by Crippen LogP contribution is 2.15. The minimum absolute atomic E-state index is 0.0624. The third-order valence-electron chi connectivity index (χ3n) is 9.96. The van der Waals surface area contributed by atoms with Gasteiger partial charge in [-0.15, -0.1) is 0 Å². The average molecular weight is 952 g/mol. The smallest absolute Gasteiger partial charge is 0.362 e. The first-order chi connectivity index (χ1) is 32.8. The fourth-order valence-corrected chi connectivity index (χ4v) is 5.95. The zero-order valence-electron chi connectivity index (χ0n) is 41.0. The zero-order chi connectivity index (χ0) is 50.2. The summed E-state index contributed by atoms with van der Waals surface area (Å²) in [7, 11) is 0. The van der Waals surface area contributed by atoms with Crippen LogP contribution >= 0.6 is 0 Å². The van der Waals surface area contributed by atoms with Gasteiger partial charge in [0.15, 0.2) is 13.0 Å². The Balaban J connectivity index is 0.000000610. The van der Waals surface area contributed by atoms with Crippen LogP contribution in [0.5, 0.6) is 0 Å². The van der Waals surface area contributed by atoms with Gasteiger partial charge in [0, 0.05) is 50.4 Å². The molecule has 0 spiro atoms. The van der Waals surface area contributed by atoms with Crippen LogP contribution < -0.4 is 37.6 Å². The number of ether oxygens (including phenoxy) is 2. The Morgan fingerprint density at radius 3 is 1.41 bits per heavy atom. The monoisotopic (exact) mass is 952 g/mol. The Hall–Kier alpha value is -5.85. The van der Waals surface area contributed by atoms with E-state index in [0.717, 1.165) is 69.0 Å². The van der Waals surface area contributed by atoms with Crippen molar-refractivity contribution >= 4 is 58.6 Å². The zero-order valence-corrected chi connectivity index (χ0v) is 41.0. The first-order valence-electron chi connectivity index (χ1n) is 24.2. The van der Waals surface area contributed by atoms with Gasteiger partial charge < -0.3 is 47.1 Å². The number of carbonyl (C=O) groups excluding carboxylic acids is 8. The molecule has 0 unspecified atom stereocenters. The van der Waals surface area contributed by atoms with Gasteiger partial charge in [0.2, 0.25) is 41.4 Å². The topological polar surface area (TPSA) is 256 Å². The molecule has 18 heteroatoms. The number of nitrogens with two attached hydrogens (primary N) is 1. The van der Waals surface area contributed by atoms with E-state index in [9.17, 15) is 38.4 Å². The van der Waals surface area contributed by atoms with E-state index in [0.29, 0.717) is 50.5 Å². The Kier molecular flexibility index (Phi) is 34.7. The van der Waals surface area contributed by atoms with E-state index in [4.69, 9.17) is 15.2 Å². The molecule has 18 nitrogen and oxygen atoms in total. The summed E-state index contributed by atoms with van der Waals surface area (Å²) < 4.78 is 10.2. The van der Waals surface area contributed by atoms with Gasteiger partial charge in [-0.1, -0.05) is 96.9 Å². The van der Waals surface area contributed by atoms with E-state index >= 15 is 0 Å². The van der Waals surface area contributed by atoms with Crippen molar-refractivity contribution in [1.82, 2.24) is 26.2 Å². The average Bonchev–Trinajstić information content (AvgIpc) is 3.31. The maximum absolute atomic E-state index is 12.1. The molecular formula is C50H79N8O10+. The Bertz CT molecular complexity index is 1770. The Labute approximate surface area is 403 Å². The SMILES string of the molecule is CCCCCN.CCCCCNC(=O)CCNC(=O)Cc1ccc(NC(=O)COCC(=O)NCCCC)cc1.CCCCCNC(=O)COCC(=O)Nc1ccc(CCC(=O)N2C[CH+]C2=O)cc1. The van der Waals surface area contributed by atoms with E-state index < -0.39 is 0 Å². The number of anilines is 2. The summed E-state index contributed by atoms with van der Waals surface area (Å²) in [6, 6.07) is 14.0. The van der Waals surface area contributed by atoms with Crippen LogP contribution in [-0.4, -0.2) is 118 Å². The number of β-lactam (4-membered cyclic amide) rings is 1. The lowest BCUT2D eigenvalue weighted by Crippen LogP contribution is -2.48. The molecule has 68 heavy (non-hydrogen) atoms. The summed E-state index contributed by atoms with van der Waals surface area (Å²) in [6.45, 7) is 11.1. The van der Waals surface area contributed by atoms with Crippen molar-refractivity contribution in [1.29, 1.82) is 0 Å². The van der Waals surface area contributed by atoms with Crippen LogP contribution in [0.4, 0.5) is 11.4 Å². The highest BCUT2D eigenvalue weighted by molar-refractivity contribution is 6.04. The summed E-state index contributed by atoms with van der Waals surface area (Å²) in [5.41, 5.74) is 8.11. The summed E-state index contributed by atoms with van der Waals surface area (Å²) >= 11 is 0. The number of unbranched alkanes of at least 4 members (excludes halogenated alkanes) is 7. The fraction of sp³-hybridized carbons (Fsp3) is 0.580. The molecule has 1 aliphatic heterocycles. The van der Waals surface area contributed by atoms with Crippen LogP contribution in [0.15, 0.2) is 48.5 Å². The van der Waals surface area contributed by atoms with Crippen molar-refractivity contribution in [3.63, 3.8) is 0 Å². The number of amides is 8. The van der Waals surface area contributed by atoms with Crippen molar-refractivity contribution < 1.29 is 47.8 Å². The van der Waals surface area contributed by atoms with Crippen LogP contribution in [-0.2, 0) is 60.7 Å². The number of nitrogens with zero attached hydrogens (tertiary/aromatic N) is 1. The summed E-state index contributed by atoms with van der Waals surface area (Å²) in [6.07, 6.45) is 14.6. The standard InChI is InChI=1S/C24H38N4O5.C21H27N3O5.C5H13N/c1-3-5-7-14-25-21(29)12-15-27-22(30)16-19-8-10-20(11-9-19)28-24(32)18-33-17-23(31)26-13-6-4-2;1-2-3-4-12-22-18(25)14-29-15-19(26)23-17-8-5-16(6-9-17)7-10-20(27)24-13-11-21(24)28;1-2-3-4-5-6/h8-11H,3-7,12-18H2,1-2H3,(H,25,29)(H,26,31)(H,27,30)(H,28,32);5-6,8-9,11H,2-4,7,10,12-15H2,1H3,(H-,22,23,25,26);2-6H2,1H3/p+1. The second-order valence-corrected chi connectivity index (χ2v) is 16.1. The first kappa shape index (κ1) is 60.2. The predicted molar refractivity (Wildman–Crippen MR) is 264 cm³/mol. The van der Waals surface area contributed by atoms with Crippen molar-refractivity contribution in [2.24, 2.45) is 5.73 Å². The van der Waals surface area contributed by atoms with E-state index in [2.05, 4.69) is 52.7 Å². The number of imide groups is 1. The first-order valence-corrected chi connectivity index (χ1v) is 24.2. The van der Waals surface area contributed by atoms with Crippen molar-refractivity contribution in [2.45, 2.75) is 124 Å². The van der Waals surface area contributed by atoms with Crippen LogP contribution in [0, 0.1) is 6.42 Å². The highest BCUT2D eigenvalue weighted by atomic mass is 16.5. The maximum Gasteiger partial charge on any atom is 0.416 e. The van der Waals surface area contributed by atoms with Gasteiger partial charge in [0.05, 0.1) is 6.42 Å². The molecule has 0 atom stereocenters. The fourth-order valence-electron chi connectivity index (χ4n) is 5.95. The van der Waals surface area contributed by atoms with Gasteiger partial charge in [0.25, 0.3) is 0 Å². The predicted octanol–water partition coefficient (Wildman–Crippen LogP) is 4.50. The molecule has 2 aromatic rings. The van der Waals surface area contributed by atoms with E-state index in [-0.39, 0.29) is 92.9 Å². The molecule has 0 saturated carbocycles. The number of carbonyl (C=O) groups is 8. The van der Waals surface area contributed by atoms with Gasteiger partial charge in [-0.3, -0.25) is 33.6 Å². The van der Waals surface area contributed by atoms with Gasteiger partial charge in [-0.25, -0.2) is 9.69 Å². The summed E-state index contributed by atoms with van der Waals surface area (Å²) in [4.78, 5) is 94.9. The largest absolute Gasteiger partial charge is 0.416 e. The van der Waals surface area contributed by atoms with E-state index in [1.165, 1.54) is 30.6 Å². The number of hydrogen-bond donors (Lipinski definition) is 7. The van der Waals surface area contributed by atoms with Gasteiger partial charge in [0.1, 0.15) is 26.4 Å². The summed E-state index contributed by atoms with van der Waals surface area (Å²) in [5.74, 6) is -1.83. The van der Waals surface area contributed by atoms with E-state index in [1.807, 2.05) is 19.1 Å². The van der Waals surface area contributed by atoms with Gasteiger partial charge in [-0.05, 0) is 74.0 Å². The molecule has 8 amide bonds. The lowest BCUT2D eigenvalue weighted by Gasteiger charge is -2.18. The Morgan fingerprint density at radius 1 is 0.529 bits per heavy atom. The highest BCUT2D eigenvalue weighted by Gasteiger charge is 2.40. The summed E-state index contributed by atoms with van der Waals surface area (Å²) in [5, 5.41) is 16.4. The molecule has 1 aliphatic rings. The molecular weight excluding hydrogens is 873 g/mol. The van der Waals surface area contributed by atoms with E-state index in [1.54, 1.807) is 36.4 Å². The molecule has 1 saturated heterocycles. The number of rotatable bonds is 32. The van der Waals surface area contributed by atoms with Crippen LogP contribution in [0.1, 0.15) is 122 Å². The quantitative estimate of drug-likeness (QED) is 0.0305. The van der Waals surface area contributed by atoms with Crippen molar-refractivity contribution in [2.75, 3.05) is 76.3 Å². The lowest BCUT2D eigenvalue weighted by molar-refractivity contribution is -0.147. The Morgan fingerprint density at radius 2 is 0.971 bits per heavy atom. The van der Waals surface area contributed by atoms with Crippen LogP contribution in [0.25, 0.3) is 0 Å². The molecule has 0 bridgehead atoms. The molecule has 3 rings (SSSR count). The number of nitrogens with one attached hydrogen (secondary N) is 6. The third-order valence-corrected chi connectivity index (χ3v) is 9.96. The number of hydrogen-bond acceptors (Lipinski definition) is 11. The lowest BCUT2D eigenvalue weighted by atomic mass is 10.1. The van der Waals surface area contributed by atoms with Crippen molar-refractivity contribution in [3.8, 4) is 0 Å². The number of benzene rings is 2. The number of likely N-dealkylation sites (tertiary alicyclic amines) is 1. The molecule has 0 radical (unpaired) electrons. The maximum atomic E-state index is 12.1. The number of aryl methyl sites for hydroxylation is 1. The second kappa shape index (κ2) is 39.2. The molecule has 2 aromatic carbocycles. The molecule has 8 N–H and O–H groups in total. The van der Waals surface area contributed by atoms with Gasteiger partial charge in [-0.2, -0.15) is 0 Å². The normalized spacial score (nSPS) is 11.2. The van der Waals surface area contributed by atoms with Gasteiger partial charge >= 0.3 is 5.91 Å². The molecule has 378 valence electrons. The van der Waals surface area contributed by atoms with Crippen LogP contribution in [0.2, 0.25) is 0 Å². The molecule has 1 fully saturated rings. The minimum Gasteiger partial charge on any atom is -0.362 e. The molecule has 0 aromatic heterocycles. The minimum atomic E-state index is -0.366.